The Bertz CT molecular complexity index is 759. The number of hydrogen-bond donors (Lipinski definition) is 0. The van der Waals surface area contributed by atoms with Crippen molar-refractivity contribution in [2.45, 2.75) is 13.8 Å². The smallest absolute Gasteiger partial charge is 0.158 e. The molecule has 100 valence electrons. The Hall–Kier alpha value is -2.76. The van der Waals surface area contributed by atoms with E-state index >= 15 is 0 Å². The summed E-state index contributed by atoms with van der Waals surface area (Å²) >= 11 is 0. The van der Waals surface area contributed by atoms with E-state index in [1.165, 1.54) is 0 Å². The zero-order chi connectivity index (χ0) is 14.1. The van der Waals surface area contributed by atoms with Crippen LogP contribution in [0.5, 0.6) is 0 Å². The third-order valence-electron chi connectivity index (χ3n) is 2.99. The molecule has 0 unspecified atom stereocenters. The highest BCUT2D eigenvalue weighted by molar-refractivity contribution is 5.73. The van der Waals surface area contributed by atoms with Crippen molar-refractivity contribution < 1.29 is 4.52 Å². The molecule has 0 aliphatic rings. The Kier molecular flexibility index (Phi) is 2.90. The van der Waals surface area contributed by atoms with E-state index in [0.29, 0.717) is 22.8 Å². The topological polar surface area (TPSA) is 73.3 Å². The number of nitrogens with zero attached hydrogens (tertiary/aromatic N) is 4. The molecular weight excluding hydrogens is 256 g/mol. The minimum atomic E-state index is 0.280. The van der Waals surface area contributed by atoms with Gasteiger partial charge >= 0.3 is 0 Å². The van der Waals surface area contributed by atoms with E-state index in [1.54, 1.807) is 24.6 Å². The summed E-state index contributed by atoms with van der Waals surface area (Å²) in [5.74, 6) is 0.662. The molecule has 0 spiro atoms. The predicted molar refractivity (Wildman–Crippen MR) is 74.0 cm³/mol. The van der Waals surface area contributed by atoms with E-state index in [9.17, 15) is 4.91 Å². The highest BCUT2D eigenvalue weighted by atomic mass is 16.5. The summed E-state index contributed by atoms with van der Waals surface area (Å²) in [6, 6.07) is 11.3. The van der Waals surface area contributed by atoms with Crippen molar-refractivity contribution in [3.8, 4) is 17.1 Å². The van der Waals surface area contributed by atoms with Crippen molar-refractivity contribution in [2.24, 2.45) is 5.18 Å². The van der Waals surface area contributed by atoms with Gasteiger partial charge in [0.05, 0.1) is 11.4 Å². The van der Waals surface area contributed by atoms with Crippen LogP contribution in [0.1, 0.15) is 11.5 Å². The second-order valence-corrected chi connectivity index (χ2v) is 4.44. The summed E-state index contributed by atoms with van der Waals surface area (Å²) in [5.41, 5.74) is 2.75. The second-order valence-electron chi connectivity index (χ2n) is 4.44. The molecule has 0 atom stereocenters. The molecule has 2 heterocycles. The van der Waals surface area contributed by atoms with Gasteiger partial charge in [0.1, 0.15) is 17.1 Å². The minimum Gasteiger partial charge on any atom is -0.361 e. The third kappa shape index (κ3) is 1.91. The Morgan fingerprint density at radius 1 is 1.20 bits per heavy atom. The monoisotopic (exact) mass is 268 g/mol. The van der Waals surface area contributed by atoms with Gasteiger partial charge in [0, 0.05) is 6.07 Å². The summed E-state index contributed by atoms with van der Waals surface area (Å²) in [5, 5.41) is 11.4. The quantitative estimate of drug-likeness (QED) is 0.681. The van der Waals surface area contributed by atoms with Crippen LogP contribution >= 0.6 is 0 Å². The molecule has 0 fully saturated rings. The molecule has 20 heavy (non-hydrogen) atoms. The van der Waals surface area contributed by atoms with Crippen molar-refractivity contribution >= 4 is 5.69 Å². The van der Waals surface area contributed by atoms with Gasteiger partial charge in [0.2, 0.25) is 0 Å². The van der Waals surface area contributed by atoms with Gasteiger partial charge in [-0.1, -0.05) is 23.4 Å². The lowest BCUT2D eigenvalue weighted by Crippen LogP contribution is -1.99. The molecule has 0 bridgehead atoms. The van der Waals surface area contributed by atoms with Crippen molar-refractivity contribution in [1.82, 2.24) is 14.9 Å². The molecule has 2 aromatic heterocycles. The lowest BCUT2D eigenvalue weighted by molar-refractivity contribution is 0.399. The molecule has 0 amide bonds. The fraction of sp³-hybridized carbons (Fsp3) is 0.143. The highest BCUT2D eigenvalue weighted by Crippen LogP contribution is 2.34. The maximum atomic E-state index is 11.1. The maximum absolute atomic E-state index is 11.1. The molecule has 0 saturated carbocycles. The number of nitroso groups, excluding NO2 is 1. The van der Waals surface area contributed by atoms with Gasteiger partial charge in [-0.05, 0) is 31.2 Å². The first-order valence-electron chi connectivity index (χ1n) is 6.13. The van der Waals surface area contributed by atoms with E-state index in [1.807, 2.05) is 30.3 Å². The van der Waals surface area contributed by atoms with Crippen LogP contribution in [0.2, 0.25) is 0 Å². The first-order valence-corrected chi connectivity index (χ1v) is 6.13. The zero-order valence-electron chi connectivity index (χ0n) is 11.1. The summed E-state index contributed by atoms with van der Waals surface area (Å²) in [7, 11) is 0. The first-order chi connectivity index (χ1) is 9.70. The van der Waals surface area contributed by atoms with Crippen LogP contribution < -0.4 is 0 Å². The summed E-state index contributed by atoms with van der Waals surface area (Å²) < 4.78 is 6.74. The van der Waals surface area contributed by atoms with Gasteiger partial charge in [-0.2, -0.15) is 5.10 Å². The summed E-state index contributed by atoms with van der Waals surface area (Å²) in [6.45, 7) is 3.53. The molecule has 0 N–H and O–H groups in total. The van der Waals surface area contributed by atoms with Crippen molar-refractivity contribution in [3.63, 3.8) is 0 Å². The van der Waals surface area contributed by atoms with E-state index < -0.39 is 0 Å². The molecule has 1 aromatic carbocycles. The van der Waals surface area contributed by atoms with Gasteiger partial charge in [-0.25, -0.2) is 4.68 Å². The predicted octanol–water partition coefficient (Wildman–Crippen LogP) is 3.54. The fourth-order valence-electron chi connectivity index (χ4n) is 2.09. The molecule has 0 aliphatic heterocycles. The standard InChI is InChI=1S/C14H12N4O2/c1-9-8-12(17-20-9)14-13(16-19)10(2)15-18(14)11-6-4-3-5-7-11/h3-8H,1-2H3. The number of para-hydroxylation sites is 1. The zero-order valence-corrected chi connectivity index (χ0v) is 11.1. The lowest BCUT2D eigenvalue weighted by atomic mass is 10.2. The van der Waals surface area contributed by atoms with Gasteiger partial charge < -0.3 is 4.52 Å². The Balaban J connectivity index is 2.28. The van der Waals surface area contributed by atoms with Crippen molar-refractivity contribution in [2.75, 3.05) is 0 Å². The lowest BCUT2D eigenvalue weighted by Gasteiger charge is -2.04. The van der Waals surface area contributed by atoms with Crippen LogP contribution in [-0.4, -0.2) is 14.9 Å². The van der Waals surface area contributed by atoms with Crippen LogP contribution in [0.15, 0.2) is 46.1 Å². The number of aromatic nitrogens is 3. The van der Waals surface area contributed by atoms with E-state index in [-0.39, 0.29) is 5.69 Å². The molecule has 6 heteroatoms. The van der Waals surface area contributed by atoms with Gasteiger partial charge in [0.25, 0.3) is 0 Å². The Morgan fingerprint density at radius 3 is 2.55 bits per heavy atom. The maximum Gasteiger partial charge on any atom is 0.158 e. The highest BCUT2D eigenvalue weighted by Gasteiger charge is 2.21. The molecule has 0 saturated heterocycles. The molecule has 0 radical (unpaired) electrons. The van der Waals surface area contributed by atoms with Crippen LogP contribution in [0.3, 0.4) is 0 Å². The van der Waals surface area contributed by atoms with Gasteiger partial charge in [0.15, 0.2) is 5.69 Å². The van der Waals surface area contributed by atoms with Crippen LogP contribution in [0, 0.1) is 18.8 Å². The molecular formula is C14H12N4O2. The molecule has 6 nitrogen and oxygen atoms in total. The number of rotatable bonds is 3. The molecule has 3 rings (SSSR count). The average Bonchev–Trinajstić information content (AvgIpc) is 3.03. The minimum absolute atomic E-state index is 0.280. The Labute approximate surface area is 115 Å². The summed E-state index contributed by atoms with van der Waals surface area (Å²) in [4.78, 5) is 11.1. The largest absolute Gasteiger partial charge is 0.361 e. The van der Waals surface area contributed by atoms with Crippen LogP contribution in [0.4, 0.5) is 5.69 Å². The van der Waals surface area contributed by atoms with Crippen molar-refractivity contribution in [1.29, 1.82) is 0 Å². The summed E-state index contributed by atoms with van der Waals surface area (Å²) in [6.07, 6.45) is 0. The van der Waals surface area contributed by atoms with Crippen molar-refractivity contribution in [3.05, 3.63) is 52.8 Å². The number of benzene rings is 1. The van der Waals surface area contributed by atoms with E-state index in [4.69, 9.17) is 4.52 Å². The normalized spacial score (nSPS) is 10.7. The molecule has 0 aliphatic carbocycles. The average molecular weight is 268 g/mol. The fourth-order valence-corrected chi connectivity index (χ4v) is 2.09. The third-order valence-corrected chi connectivity index (χ3v) is 2.99. The van der Waals surface area contributed by atoms with Crippen LogP contribution in [0.25, 0.3) is 17.1 Å². The SMILES string of the molecule is Cc1cc(-c2c(N=O)c(C)nn2-c2ccccc2)no1. The van der Waals surface area contributed by atoms with Gasteiger partial charge in [-0.15, -0.1) is 4.91 Å². The number of hydrogen-bond acceptors (Lipinski definition) is 5. The van der Waals surface area contributed by atoms with E-state index in [0.717, 1.165) is 5.69 Å². The van der Waals surface area contributed by atoms with E-state index in [2.05, 4.69) is 15.4 Å². The van der Waals surface area contributed by atoms with Gasteiger partial charge in [-0.3, -0.25) is 0 Å². The number of aryl methyl sites for hydroxylation is 2. The van der Waals surface area contributed by atoms with Crippen LogP contribution in [-0.2, 0) is 0 Å². The molecule has 3 aromatic rings. The Morgan fingerprint density at radius 2 is 1.95 bits per heavy atom. The first kappa shape index (κ1) is 12.3. The second kappa shape index (κ2) is 4.73.